The topological polar surface area (TPSA) is 49.4 Å². The van der Waals surface area contributed by atoms with E-state index in [-0.39, 0.29) is 11.8 Å². The average molecular weight is 301 g/mol. The number of carbonyl (C=O) groups is 2. The van der Waals surface area contributed by atoms with E-state index in [0.29, 0.717) is 15.7 Å². The second-order valence-electron chi connectivity index (χ2n) is 4.67. The van der Waals surface area contributed by atoms with Crippen LogP contribution in [0.3, 0.4) is 0 Å². The molecule has 0 spiro atoms. The number of hydrogen-bond donors (Lipinski definition) is 1. The zero-order valence-electron chi connectivity index (χ0n) is 10.8. The van der Waals surface area contributed by atoms with Gasteiger partial charge in [0.05, 0.1) is 10.7 Å². The molecule has 1 aliphatic heterocycles. The third-order valence-electron chi connectivity index (χ3n) is 3.22. The molecular weight excluding hydrogens is 287 g/mol. The number of piperazine rings is 1. The predicted octanol–water partition coefficient (Wildman–Crippen LogP) is 2.54. The fourth-order valence-corrected chi connectivity index (χ4v) is 2.53. The van der Waals surface area contributed by atoms with Crippen molar-refractivity contribution >= 4 is 40.7 Å². The lowest BCUT2D eigenvalue weighted by Crippen LogP contribution is -2.61. The van der Waals surface area contributed by atoms with Crippen LogP contribution in [0.15, 0.2) is 12.1 Å². The number of rotatable bonds is 1. The molecule has 1 aliphatic rings. The Kier molecular flexibility index (Phi) is 3.74. The van der Waals surface area contributed by atoms with E-state index >= 15 is 0 Å². The van der Waals surface area contributed by atoms with E-state index in [1.165, 1.54) is 4.90 Å². The molecule has 4 nitrogen and oxygen atoms in total. The Morgan fingerprint density at radius 1 is 1.16 bits per heavy atom. The Bertz CT molecular complexity index is 560. The molecule has 1 N–H and O–H groups in total. The first-order valence-electron chi connectivity index (χ1n) is 5.92. The van der Waals surface area contributed by atoms with Gasteiger partial charge < -0.3 is 5.32 Å². The fourth-order valence-electron chi connectivity index (χ4n) is 2.06. The molecule has 0 aliphatic carbocycles. The molecule has 102 valence electrons. The minimum Gasteiger partial charge on any atom is -0.343 e. The summed E-state index contributed by atoms with van der Waals surface area (Å²) in [7, 11) is 0. The van der Waals surface area contributed by atoms with Crippen molar-refractivity contribution in [3.05, 3.63) is 27.7 Å². The van der Waals surface area contributed by atoms with Crippen LogP contribution in [0, 0.1) is 6.92 Å². The van der Waals surface area contributed by atoms with Gasteiger partial charge in [0, 0.05) is 5.02 Å². The molecule has 2 amide bonds. The Morgan fingerprint density at radius 2 is 1.79 bits per heavy atom. The van der Waals surface area contributed by atoms with Gasteiger partial charge in [-0.05, 0) is 38.5 Å². The van der Waals surface area contributed by atoms with Gasteiger partial charge in [0.25, 0.3) is 0 Å². The van der Waals surface area contributed by atoms with Gasteiger partial charge in [0.2, 0.25) is 11.8 Å². The fraction of sp³-hybridized carbons (Fsp3) is 0.385. The van der Waals surface area contributed by atoms with Gasteiger partial charge in [-0.2, -0.15) is 0 Å². The van der Waals surface area contributed by atoms with Crippen LogP contribution in [0.1, 0.15) is 19.4 Å². The van der Waals surface area contributed by atoms with Crippen molar-refractivity contribution in [1.82, 2.24) is 5.32 Å². The average Bonchev–Trinajstić information content (AvgIpc) is 2.33. The number of halogens is 2. The molecule has 0 aromatic heterocycles. The molecule has 0 radical (unpaired) electrons. The number of carbonyl (C=O) groups excluding carboxylic acids is 2. The van der Waals surface area contributed by atoms with Crippen LogP contribution in [-0.2, 0) is 9.59 Å². The second-order valence-corrected chi connectivity index (χ2v) is 5.48. The van der Waals surface area contributed by atoms with Crippen LogP contribution >= 0.6 is 23.2 Å². The summed E-state index contributed by atoms with van der Waals surface area (Å²) in [6.45, 7) is 5.13. The van der Waals surface area contributed by atoms with Gasteiger partial charge in [-0.25, -0.2) is 0 Å². The van der Waals surface area contributed by atoms with Crippen molar-refractivity contribution in [3.63, 3.8) is 0 Å². The maximum absolute atomic E-state index is 12.2. The van der Waals surface area contributed by atoms with Crippen molar-refractivity contribution in [1.29, 1.82) is 0 Å². The van der Waals surface area contributed by atoms with Crippen LogP contribution < -0.4 is 10.2 Å². The zero-order chi connectivity index (χ0) is 14.3. The highest BCUT2D eigenvalue weighted by Crippen LogP contribution is 2.34. The summed E-state index contributed by atoms with van der Waals surface area (Å²) < 4.78 is 0. The van der Waals surface area contributed by atoms with Gasteiger partial charge in [0.1, 0.15) is 12.1 Å². The van der Waals surface area contributed by atoms with E-state index < -0.39 is 12.1 Å². The second kappa shape index (κ2) is 5.02. The number of benzene rings is 1. The van der Waals surface area contributed by atoms with E-state index in [9.17, 15) is 9.59 Å². The van der Waals surface area contributed by atoms with Crippen LogP contribution in [0.25, 0.3) is 0 Å². The molecular formula is C13H14Cl2N2O2. The number of anilines is 1. The molecule has 1 saturated heterocycles. The van der Waals surface area contributed by atoms with E-state index in [1.807, 2.05) is 6.92 Å². The van der Waals surface area contributed by atoms with Gasteiger partial charge in [-0.3, -0.25) is 14.5 Å². The summed E-state index contributed by atoms with van der Waals surface area (Å²) in [6.07, 6.45) is 0. The summed E-state index contributed by atoms with van der Waals surface area (Å²) in [5.41, 5.74) is 1.29. The third-order valence-corrected chi connectivity index (χ3v) is 3.93. The smallest absolute Gasteiger partial charge is 0.250 e. The SMILES string of the molecule is Cc1cc(Cl)c(N2C(=O)C(C)NC(=O)C2C)cc1Cl. The van der Waals surface area contributed by atoms with Crippen molar-refractivity contribution in [2.75, 3.05) is 4.90 Å². The monoisotopic (exact) mass is 300 g/mol. The first-order valence-corrected chi connectivity index (χ1v) is 6.67. The number of hydrogen-bond acceptors (Lipinski definition) is 2. The Labute approximate surface area is 121 Å². The van der Waals surface area contributed by atoms with Gasteiger partial charge in [-0.15, -0.1) is 0 Å². The lowest BCUT2D eigenvalue weighted by Gasteiger charge is -2.36. The predicted molar refractivity (Wildman–Crippen MR) is 75.8 cm³/mol. The maximum atomic E-state index is 12.2. The largest absolute Gasteiger partial charge is 0.343 e. The highest BCUT2D eigenvalue weighted by molar-refractivity contribution is 6.36. The minimum absolute atomic E-state index is 0.200. The quantitative estimate of drug-likeness (QED) is 0.866. The Balaban J connectivity index is 2.52. The van der Waals surface area contributed by atoms with E-state index in [0.717, 1.165) is 5.56 Å². The third kappa shape index (κ3) is 2.42. The number of nitrogens with zero attached hydrogens (tertiary/aromatic N) is 1. The number of aryl methyl sites for hydroxylation is 1. The Hall–Kier alpha value is -1.26. The lowest BCUT2D eigenvalue weighted by atomic mass is 10.1. The molecule has 6 heteroatoms. The van der Waals surface area contributed by atoms with E-state index in [1.54, 1.807) is 26.0 Å². The van der Waals surface area contributed by atoms with Crippen LogP contribution in [0.5, 0.6) is 0 Å². The highest BCUT2D eigenvalue weighted by Gasteiger charge is 2.37. The highest BCUT2D eigenvalue weighted by atomic mass is 35.5. The Morgan fingerprint density at radius 3 is 2.42 bits per heavy atom. The van der Waals surface area contributed by atoms with Crippen LogP contribution in [0.2, 0.25) is 10.0 Å². The minimum atomic E-state index is -0.611. The van der Waals surface area contributed by atoms with Gasteiger partial charge in [-0.1, -0.05) is 23.2 Å². The summed E-state index contributed by atoms with van der Waals surface area (Å²) >= 11 is 12.3. The molecule has 1 fully saturated rings. The summed E-state index contributed by atoms with van der Waals surface area (Å²) in [5, 5.41) is 3.54. The number of amides is 2. The van der Waals surface area contributed by atoms with Crippen LogP contribution in [-0.4, -0.2) is 23.9 Å². The summed E-state index contributed by atoms with van der Waals surface area (Å²) in [5.74, 6) is -0.409. The molecule has 1 heterocycles. The van der Waals surface area contributed by atoms with Crippen molar-refractivity contribution < 1.29 is 9.59 Å². The number of nitrogens with one attached hydrogen (secondary N) is 1. The standard InChI is InChI=1S/C13H14Cl2N2O2/c1-6-4-10(15)11(5-9(6)14)17-8(3)12(18)16-7(2)13(17)19/h4-5,7-8H,1-3H3,(H,16,18). The maximum Gasteiger partial charge on any atom is 0.250 e. The molecule has 1 aromatic rings. The van der Waals surface area contributed by atoms with E-state index in [2.05, 4.69) is 5.32 Å². The molecule has 0 saturated carbocycles. The first-order chi connectivity index (χ1) is 8.82. The molecule has 2 atom stereocenters. The van der Waals surface area contributed by atoms with Crippen molar-refractivity contribution in [3.8, 4) is 0 Å². The molecule has 2 unspecified atom stereocenters. The van der Waals surface area contributed by atoms with Crippen LogP contribution in [0.4, 0.5) is 5.69 Å². The lowest BCUT2D eigenvalue weighted by molar-refractivity contribution is -0.133. The first kappa shape index (κ1) is 14.2. The summed E-state index contributed by atoms with van der Waals surface area (Å²) in [6, 6.07) is 2.13. The normalized spacial score (nSPS) is 23.5. The molecule has 1 aromatic carbocycles. The van der Waals surface area contributed by atoms with Gasteiger partial charge in [0.15, 0.2) is 0 Å². The van der Waals surface area contributed by atoms with E-state index in [4.69, 9.17) is 23.2 Å². The molecule has 0 bridgehead atoms. The van der Waals surface area contributed by atoms with Gasteiger partial charge >= 0.3 is 0 Å². The summed E-state index contributed by atoms with van der Waals surface area (Å²) in [4.78, 5) is 25.5. The zero-order valence-corrected chi connectivity index (χ0v) is 12.3. The van der Waals surface area contributed by atoms with Crippen molar-refractivity contribution in [2.24, 2.45) is 0 Å². The van der Waals surface area contributed by atoms with Crippen molar-refractivity contribution in [2.45, 2.75) is 32.9 Å². The molecule has 19 heavy (non-hydrogen) atoms. The molecule has 2 rings (SSSR count).